The zero-order valence-corrected chi connectivity index (χ0v) is 16.9. The van der Waals surface area contributed by atoms with Crippen molar-refractivity contribution in [2.45, 2.75) is 44.3 Å². The summed E-state index contributed by atoms with van der Waals surface area (Å²) in [6, 6.07) is 13.7. The molecule has 0 radical (unpaired) electrons. The Morgan fingerprint density at radius 2 is 1.89 bits per heavy atom. The number of thiophene rings is 1. The normalized spacial score (nSPS) is 15.7. The van der Waals surface area contributed by atoms with Gasteiger partial charge in [-0.25, -0.2) is 13.1 Å². The molecule has 1 aliphatic carbocycles. The van der Waals surface area contributed by atoms with Gasteiger partial charge < -0.3 is 0 Å². The fourth-order valence-electron chi connectivity index (χ4n) is 3.59. The molecule has 0 aliphatic heterocycles. The summed E-state index contributed by atoms with van der Waals surface area (Å²) in [6.45, 7) is 2.00. The second-order valence-corrected chi connectivity index (χ2v) is 9.91. The molecule has 0 saturated heterocycles. The van der Waals surface area contributed by atoms with Crippen LogP contribution < -0.4 is 4.72 Å². The predicted octanol–water partition coefficient (Wildman–Crippen LogP) is 4.98. The third-order valence-electron chi connectivity index (χ3n) is 5.06. The Labute approximate surface area is 164 Å². The number of nitrogens with one attached hydrogen (secondary N) is 1. The molecule has 0 unspecified atom stereocenters. The highest BCUT2D eigenvalue weighted by Gasteiger charge is 2.28. The molecule has 1 fully saturated rings. The SMILES string of the molecule is Cc1ccccc1-n1nc(-c2cccs2)cc1NS(=O)(=O)C1CCCCC1. The molecule has 0 spiro atoms. The molecule has 0 bridgehead atoms. The van der Waals surface area contributed by atoms with E-state index in [9.17, 15) is 8.42 Å². The first-order chi connectivity index (χ1) is 13.0. The van der Waals surface area contributed by atoms with E-state index in [0.29, 0.717) is 5.82 Å². The molecule has 142 valence electrons. The standard InChI is InChI=1S/C20H23N3O2S2/c1-15-8-5-6-11-18(15)23-20(14-17(21-23)19-12-7-13-26-19)22-27(24,25)16-9-3-2-4-10-16/h5-8,11-14,16,22H,2-4,9-10H2,1H3. The first-order valence-corrected chi connectivity index (χ1v) is 11.7. The van der Waals surface area contributed by atoms with Gasteiger partial charge in [0.1, 0.15) is 11.5 Å². The van der Waals surface area contributed by atoms with E-state index < -0.39 is 10.0 Å². The minimum Gasteiger partial charge on any atom is -0.267 e. The van der Waals surface area contributed by atoms with E-state index in [0.717, 1.165) is 53.9 Å². The predicted molar refractivity (Wildman–Crippen MR) is 111 cm³/mol. The smallest absolute Gasteiger partial charge is 0.236 e. The molecular weight excluding hydrogens is 378 g/mol. The molecule has 7 heteroatoms. The zero-order valence-electron chi connectivity index (χ0n) is 15.3. The number of para-hydroxylation sites is 1. The third kappa shape index (κ3) is 3.80. The summed E-state index contributed by atoms with van der Waals surface area (Å²) in [5.41, 5.74) is 2.69. The van der Waals surface area contributed by atoms with E-state index in [1.54, 1.807) is 16.0 Å². The van der Waals surface area contributed by atoms with E-state index in [2.05, 4.69) is 4.72 Å². The zero-order chi connectivity index (χ0) is 18.9. The third-order valence-corrected chi connectivity index (χ3v) is 7.80. The number of nitrogens with zero attached hydrogens (tertiary/aromatic N) is 2. The molecule has 0 atom stereocenters. The van der Waals surface area contributed by atoms with Crippen molar-refractivity contribution in [1.82, 2.24) is 9.78 Å². The Hall–Kier alpha value is -2.12. The van der Waals surface area contributed by atoms with Crippen LogP contribution in [0.25, 0.3) is 16.3 Å². The number of rotatable bonds is 5. The van der Waals surface area contributed by atoms with Crippen LogP contribution in [-0.4, -0.2) is 23.4 Å². The first-order valence-electron chi connectivity index (χ1n) is 9.26. The fraction of sp³-hybridized carbons (Fsp3) is 0.350. The van der Waals surface area contributed by atoms with Gasteiger partial charge in [0.2, 0.25) is 10.0 Å². The number of sulfonamides is 1. The quantitative estimate of drug-likeness (QED) is 0.655. The van der Waals surface area contributed by atoms with Crippen molar-refractivity contribution in [1.29, 1.82) is 0 Å². The van der Waals surface area contributed by atoms with Crippen molar-refractivity contribution in [3.63, 3.8) is 0 Å². The summed E-state index contributed by atoms with van der Waals surface area (Å²) in [4.78, 5) is 1.01. The van der Waals surface area contributed by atoms with Crippen molar-refractivity contribution in [2.24, 2.45) is 0 Å². The number of hydrogen-bond donors (Lipinski definition) is 1. The Bertz CT molecular complexity index is 1020. The summed E-state index contributed by atoms with van der Waals surface area (Å²) in [5, 5.41) is 6.38. The molecular formula is C20H23N3O2S2. The number of hydrogen-bond acceptors (Lipinski definition) is 4. The average Bonchev–Trinajstić information content (AvgIpc) is 3.33. The van der Waals surface area contributed by atoms with Gasteiger partial charge in [-0.05, 0) is 42.8 Å². The lowest BCUT2D eigenvalue weighted by atomic mass is 10.0. The molecule has 2 aromatic heterocycles. The highest BCUT2D eigenvalue weighted by Crippen LogP contribution is 2.31. The van der Waals surface area contributed by atoms with Crippen molar-refractivity contribution < 1.29 is 8.42 Å². The maximum Gasteiger partial charge on any atom is 0.236 e. The number of aryl methyl sites for hydroxylation is 1. The van der Waals surface area contributed by atoms with E-state index in [-0.39, 0.29) is 5.25 Å². The second kappa shape index (κ2) is 7.48. The summed E-state index contributed by atoms with van der Waals surface area (Å²) in [6.07, 6.45) is 4.53. The van der Waals surface area contributed by atoms with Crippen molar-refractivity contribution in [3.8, 4) is 16.3 Å². The summed E-state index contributed by atoms with van der Waals surface area (Å²) in [5.74, 6) is 0.498. The Kier molecular flexibility index (Phi) is 5.06. The van der Waals surface area contributed by atoms with Crippen LogP contribution in [0.2, 0.25) is 0 Å². The molecule has 5 nitrogen and oxygen atoms in total. The number of benzene rings is 1. The van der Waals surface area contributed by atoms with Crippen molar-refractivity contribution in [3.05, 3.63) is 53.4 Å². The maximum atomic E-state index is 13.0. The molecule has 0 amide bonds. The number of anilines is 1. The number of aromatic nitrogens is 2. The lowest BCUT2D eigenvalue weighted by Crippen LogP contribution is -2.30. The molecule has 27 heavy (non-hydrogen) atoms. The van der Waals surface area contributed by atoms with E-state index in [4.69, 9.17) is 5.10 Å². The van der Waals surface area contributed by atoms with Crippen LogP contribution in [0.4, 0.5) is 5.82 Å². The van der Waals surface area contributed by atoms with Gasteiger partial charge in [0.15, 0.2) is 0 Å². The molecule has 4 rings (SSSR count). The lowest BCUT2D eigenvalue weighted by molar-refractivity contribution is 0.486. The van der Waals surface area contributed by atoms with Gasteiger partial charge in [-0.3, -0.25) is 4.72 Å². The van der Waals surface area contributed by atoms with Crippen LogP contribution in [0.15, 0.2) is 47.8 Å². The second-order valence-electron chi connectivity index (χ2n) is 7.00. The first kappa shape index (κ1) is 18.3. The van der Waals surface area contributed by atoms with Crippen LogP contribution in [0.3, 0.4) is 0 Å². The van der Waals surface area contributed by atoms with Gasteiger partial charge in [-0.1, -0.05) is 43.5 Å². The summed E-state index contributed by atoms with van der Waals surface area (Å²) < 4.78 is 30.5. The van der Waals surface area contributed by atoms with Crippen LogP contribution >= 0.6 is 11.3 Å². The molecule has 1 N–H and O–H groups in total. The molecule has 3 aromatic rings. The minimum atomic E-state index is -3.44. The van der Waals surface area contributed by atoms with Crippen LogP contribution in [0.5, 0.6) is 0 Å². The van der Waals surface area contributed by atoms with E-state index in [1.165, 1.54) is 0 Å². The lowest BCUT2D eigenvalue weighted by Gasteiger charge is -2.22. The van der Waals surface area contributed by atoms with Gasteiger partial charge in [0.05, 0.1) is 15.8 Å². The molecule has 2 heterocycles. The summed E-state index contributed by atoms with van der Waals surface area (Å²) >= 11 is 1.59. The molecule has 1 aromatic carbocycles. The average molecular weight is 402 g/mol. The topological polar surface area (TPSA) is 64.0 Å². The maximum absolute atomic E-state index is 13.0. The van der Waals surface area contributed by atoms with Crippen molar-refractivity contribution in [2.75, 3.05) is 4.72 Å². The van der Waals surface area contributed by atoms with Gasteiger partial charge in [-0.15, -0.1) is 11.3 Å². The van der Waals surface area contributed by atoms with Crippen molar-refractivity contribution >= 4 is 27.2 Å². The highest BCUT2D eigenvalue weighted by molar-refractivity contribution is 7.93. The van der Waals surface area contributed by atoms with Gasteiger partial charge >= 0.3 is 0 Å². The van der Waals surface area contributed by atoms with Crippen LogP contribution in [0, 0.1) is 6.92 Å². The summed E-state index contributed by atoms with van der Waals surface area (Å²) in [7, 11) is -3.44. The van der Waals surface area contributed by atoms with Gasteiger partial charge in [-0.2, -0.15) is 5.10 Å². The minimum absolute atomic E-state index is 0.323. The van der Waals surface area contributed by atoms with Gasteiger partial charge in [0.25, 0.3) is 0 Å². The Morgan fingerprint density at radius 1 is 1.11 bits per heavy atom. The molecule has 1 saturated carbocycles. The highest BCUT2D eigenvalue weighted by atomic mass is 32.2. The van der Waals surface area contributed by atoms with E-state index >= 15 is 0 Å². The van der Waals surface area contributed by atoms with E-state index in [1.807, 2.05) is 54.8 Å². The fourth-order valence-corrected chi connectivity index (χ4v) is 5.83. The van der Waals surface area contributed by atoms with Crippen LogP contribution in [0.1, 0.15) is 37.7 Å². The van der Waals surface area contributed by atoms with Crippen LogP contribution in [-0.2, 0) is 10.0 Å². The Morgan fingerprint density at radius 3 is 2.59 bits per heavy atom. The Balaban J connectivity index is 1.75. The van der Waals surface area contributed by atoms with Gasteiger partial charge in [0, 0.05) is 6.07 Å². The molecule has 1 aliphatic rings. The largest absolute Gasteiger partial charge is 0.267 e. The monoisotopic (exact) mass is 401 g/mol.